The Hall–Kier alpha value is -6.42. The summed E-state index contributed by atoms with van der Waals surface area (Å²) in [5.74, 6) is -1.07. The topological polar surface area (TPSA) is 197 Å². The van der Waals surface area contributed by atoms with E-state index in [0.29, 0.717) is 70.2 Å². The van der Waals surface area contributed by atoms with Crippen molar-refractivity contribution in [3.05, 3.63) is 119 Å². The fraction of sp³-hybridized carbons (Fsp3) is 0.325. The summed E-state index contributed by atoms with van der Waals surface area (Å²) in [5, 5.41) is 6.12. The van der Waals surface area contributed by atoms with Crippen molar-refractivity contribution in [1.29, 1.82) is 0 Å². The van der Waals surface area contributed by atoms with Crippen LogP contribution in [0.1, 0.15) is 63.9 Å². The molecule has 1 aliphatic carbocycles. The van der Waals surface area contributed by atoms with Gasteiger partial charge in [0.1, 0.15) is 5.56 Å². The highest BCUT2D eigenvalue weighted by atomic mass is 35.5. The summed E-state index contributed by atoms with van der Waals surface area (Å²) in [7, 11) is 4.27. The Morgan fingerprint density at radius 2 is 1.75 bits per heavy atom. The van der Waals surface area contributed by atoms with Crippen LogP contribution in [0.2, 0.25) is 5.02 Å². The number of aryl methyl sites for hydroxylation is 3. The molecule has 1 aliphatic heterocycles. The number of nitrogens with zero attached hydrogens (tertiary/aromatic N) is 4. The normalized spacial score (nSPS) is 15.9. The predicted molar refractivity (Wildman–Crippen MR) is 207 cm³/mol. The predicted octanol–water partition coefficient (Wildman–Crippen LogP) is 4.80. The number of amides is 3. The van der Waals surface area contributed by atoms with Crippen LogP contribution in [0, 0.1) is 13.8 Å². The van der Waals surface area contributed by atoms with Crippen molar-refractivity contribution in [3.8, 4) is 28.3 Å². The molecule has 2 atom stereocenters. The maximum Gasteiger partial charge on any atom is 0.519 e. The van der Waals surface area contributed by atoms with E-state index >= 15 is 0 Å². The molecule has 1 saturated heterocycles. The smallest absolute Gasteiger partial charge is 0.481 e. The number of carbonyl (C=O) groups is 3. The highest BCUT2D eigenvalue weighted by molar-refractivity contribution is 6.36. The van der Waals surface area contributed by atoms with Crippen molar-refractivity contribution in [2.75, 3.05) is 19.0 Å². The number of methoxy groups -OCH3 is 1. The number of nitrogens with one attached hydrogen (secondary N) is 2. The molecule has 0 saturated carbocycles. The molecule has 0 bridgehead atoms. The van der Waals surface area contributed by atoms with Crippen molar-refractivity contribution in [2.24, 2.45) is 14.1 Å². The number of fused-ring (bicyclic) bond motifs is 1. The average Bonchev–Trinajstić information content (AvgIpc) is 3.90. The Kier molecular flexibility index (Phi) is 10.6. The third-order valence-corrected chi connectivity index (χ3v) is 10.8. The molecule has 296 valence electrons. The Morgan fingerprint density at radius 1 is 1.02 bits per heavy atom. The van der Waals surface area contributed by atoms with Gasteiger partial charge in [-0.3, -0.25) is 23.9 Å². The summed E-state index contributed by atoms with van der Waals surface area (Å²) in [6, 6.07) is 12.0. The highest BCUT2D eigenvalue weighted by Gasteiger charge is 2.38. The molecular formula is C40H39ClN6O10. The van der Waals surface area contributed by atoms with Crippen molar-refractivity contribution in [3.63, 3.8) is 0 Å². The lowest BCUT2D eigenvalue weighted by Crippen LogP contribution is -2.43. The van der Waals surface area contributed by atoms with E-state index in [2.05, 4.69) is 10.6 Å². The molecule has 2 aliphatic rings. The van der Waals surface area contributed by atoms with Crippen molar-refractivity contribution >= 4 is 35.2 Å². The van der Waals surface area contributed by atoms with Gasteiger partial charge in [0.2, 0.25) is 11.8 Å². The van der Waals surface area contributed by atoms with E-state index in [1.54, 1.807) is 17.0 Å². The number of anilines is 1. The molecule has 5 aromatic rings. The van der Waals surface area contributed by atoms with Crippen LogP contribution in [0.25, 0.3) is 22.4 Å². The first-order valence-corrected chi connectivity index (χ1v) is 18.5. The van der Waals surface area contributed by atoms with Crippen molar-refractivity contribution in [1.82, 2.24) is 24.3 Å². The monoisotopic (exact) mass is 798 g/mol. The largest absolute Gasteiger partial charge is 0.519 e. The molecule has 2 aromatic carbocycles. The maximum atomic E-state index is 13.8. The van der Waals surface area contributed by atoms with Gasteiger partial charge in [-0.2, -0.15) is 0 Å². The third kappa shape index (κ3) is 7.47. The molecule has 3 aromatic heterocycles. The quantitative estimate of drug-likeness (QED) is 0.197. The first kappa shape index (κ1) is 38.8. The number of halogens is 1. The molecule has 0 unspecified atom stereocenters. The maximum absolute atomic E-state index is 13.8. The van der Waals surface area contributed by atoms with E-state index in [-0.39, 0.29) is 42.2 Å². The number of pyridine rings is 1. The molecule has 7 rings (SSSR count). The number of benzene rings is 2. The van der Waals surface area contributed by atoms with E-state index in [4.69, 9.17) is 34.9 Å². The molecule has 1 fully saturated rings. The highest BCUT2D eigenvalue weighted by Crippen LogP contribution is 2.45. The molecule has 2 N–H and O–H groups in total. The van der Waals surface area contributed by atoms with Crippen LogP contribution in [-0.2, 0) is 36.7 Å². The van der Waals surface area contributed by atoms with E-state index in [1.807, 2.05) is 37.3 Å². The summed E-state index contributed by atoms with van der Waals surface area (Å²) >= 11 is 7.16. The second-order valence-electron chi connectivity index (χ2n) is 14.0. The van der Waals surface area contributed by atoms with Crippen LogP contribution in [-0.4, -0.2) is 56.6 Å². The Labute approximate surface area is 330 Å². The van der Waals surface area contributed by atoms with Crippen LogP contribution in [0.5, 0.6) is 5.88 Å². The first-order valence-electron chi connectivity index (χ1n) is 18.1. The number of hydrogen-bond acceptors (Lipinski definition) is 11. The summed E-state index contributed by atoms with van der Waals surface area (Å²) in [5.41, 5.74) is 3.81. The molecule has 16 nitrogen and oxygen atoms in total. The van der Waals surface area contributed by atoms with Gasteiger partial charge in [0.15, 0.2) is 18.1 Å². The third-order valence-electron chi connectivity index (χ3n) is 10.4. The van der Waals surface area contributed by atoms with Crippen LogP contribution in [0.3, 0.4) is 0 Å². The van der Waals surface area contributed by atoms with E-state index in [1.165, 1.54) is 38.9 Å². The van der Waals surface area contributed by atoms with Gasteiger partial charge in [0.25, 0.3) is 11.5 Å². The second-order valence-corrected chi connectivity index (χ2v) is 14.4. The Morgan fingerprint density at radius 3 is 2.46 bits per heavy atom. The van der Waals surface area contributed by atoms with Gasteiger partial charge in [-0.15, -0.1) is 0 Å². The zero-order valence-electron chi connectivity index (χ0n) is 31.8. The summed E-state index contributed by atoms with van der Waals surface area (Å²) in [4.78, 5) is 82.0. The number of aromatic nitrogens is 3. The van der Waals surface area contributed by atoms with Crippen LogP contribution >= 0.6 is 11.6 Å². The number of carbonyl (C=O) groups excluding carboxylic acids is 3. The first-order chi connectivity index (χ1) is 27.2. The second kappa shape index (κ2) is 15.6. The minimum Gasteiger partial charge on any atom is -0.481 e. The number of hydrogen-bond donors (Lipinski definition) is 2. The Balaban J connectivity index is 1.19. The molecule has 57 heavy (non-hydrogen) atoms. The van der Waals surface area contributed by atoms with Crippen LogP contribution < -0.4 is 32.4 Å². The number of ether oxygens (including phenoxy) is 2. The number of rotatable bonds is 10. The van der Waals surface area contributed by atoms with Gasteiger partial charge in [-0.1, -0.05) is 41.9 Å². The minimum absolute atomic E-state index is 0.0948. The van der Waals surface area contributed by atoms with E-state index in [0.717, 1.165) is 15.7 Å². The van der Waals surface area contributed by atoms with Gasteiger partial charge in [0.05, 0.1) is 23.9 Å². The van der Waals surface area contributed by atoms with Crippen LogP contribution in [0.15, 0.2) is 71.9 Å². The van der Waals surface area contributed by atoms with Crippen molar-refractivity contribution in [2.45, 2.75) is 58.2 Å². The lowest BCUT2D eigenvalue weighted by molar-refractivity contribution is -0.119. The lowest BCUT2D eigenvalue weighted by Gasteiger charge is -2.31. The minimum atomic E-state index is -0.896. The fourth-order valence-corrected chi connectivity index (χ4v) is 7.76. The Bertz CT molecular complexity index is 2620. The SMILES string of the molecule is COc1nc(-c2cccc(-c3cccc(NC(=O)c4cn(C)c(=O)n(C)c4=O)c3C)c2Cl)cc2c1[C@@H](N(C[C@@H]1CCC(=O)N1)C(=O)OCc1oc(=O)oc1C)CC2. The lowest BCUT2D eigenvalue weighted by atomic mass is 9.96. The summed E-state index contributed by atoms with van der Waals surface area (Å²) in [6.45, 7) is 3.20. The summed E-state index contributed by atoms with van der Waals surface area (Å²) in [6.07, 6.45) is 2.51. The molecule has 4 heterocycles. The zero-order valence-corrected chi connectivity index (χ0v) is 32.5. The zero-order chi connectivity index (χ0) is 40.7. The van der Waals surface area contributed by atoms with Gasteiger partial charge < -0.3 is 33.5 Å². The molecule has 0 spiro atoms. The van der Waals surface area contributed by atoms with Gasteiger partial charge in [-0.05, 0) is 61.9 Å². The van der Waals surface area contributed by atoms with E-state index < -0.39 is 35.1 Å². The van der Waals surface area contributed by atoms with Crippen molar-refractivity contribution < 1.29 is 32.7 Å². The average molecular weight is 799 g/mol. The van der Waals surface area contributed by atoms with Crippen LogP contribution in [0.4, 0.5) is 10.5 Å². The summed E-state index contributed by atoms with van der Waals surface area (Å²) < 4.78 is 23.4. The van der Waals surface area contributed by atoms with Gasteiger partial charge in [0, 0.05) is 61.7 Å². The van der Waals surface area contributed by atoms with Gasteiger partial charge in [-0.25, -0.2) is 19.4 Å². The molecule has 3 amide bonds. The molecule has 17 heteroatoms. The fourth-order valence-electron chi connectivity index (χ4n) is 7.44. The van der Waals surface area contributed by atoms with Gasteiger partial charge >= 0.3 is 17.6 Å². The molecular weight excluding hydrogens is 760 g/mol. The molecule has 0 radical (unpaired) electrons. The standard InChI is InChI=1S/C40H39ClN6O10/c1-20-24(8-7-11-28(20)43-35(49)27-18-45(3)38(51)46(4)37(27)50)25-9-6-10-26(34(25)41)29-16-22-12-14-30(33(22)36(44-29)54-5)47(17-23-13-15-32(48)42-23)39(52)55-19-31-21(2)56-40(53)57-31/h6-11,16,18,23,30H,12-15,17,19H2,1-5H3,(H,42,48)(H,43,49)/t23-,30-/m0/s1. The van der Waals surface area contributed by atoms with E-state index in [9.17, 15) is 28.8 Å².